The molecule has 1 fully saturated rings. The van der Waals surface area contributed by atoms with Crippen molar-refractivity contribution < 1.29 is 22.5 Å². The van der Waals surface area contributed by atoms with Crippen LogP contribution in [0.15, 0.2) is 18.5 Å². The van der Waals surface area contributed by atoms with E-state index in [9.17, 15) is 18.3 Å². The smallest absolute Gasteiger partial charge is 0.333 e. The van der Waals surface area contributed by atoms with Gasteiger partial charge in [-0.15, -0.1) is 0 Å². The van der Waals surface area contributed by atoms with Gasteiger partial charge in [-0.3, -0.25) is 14.0 Å². The van der Waals surface area contributed by atoms with Gasteiger partial charge in [0.25, 0.3) is 0 Å². The first-order chi connectivity index (χ1) is 16.4. The predicted molar refractivity (Wildman–Crippen MR) is 140 cm³/mol. The molecule has 2 heterocycles. The number of aliphatic hydroxyl groups excluding tert-OH is 1. The summed E-state index contributed by atoms with van der Waals surface area (Å²) in [5.74, 6) is -0.532. The molecule has 36 heavy (non-hydrogen) atoms. The monoisotopic (exact) mass is 520 g/mol. The molecule has 0 aromatic carbocycles. The average Bonchev–Trinajstić information content (AvgIpc) is 3.18. The Balaban J connectivity index is 2.02. The van der Waals surface area contributed by atoms with E-state index in [1.54, 1.807) is 6.20 Å². The molecular formula is C26H40N4O5S. The average molecular weight is 521 g/mol. The number of aryl methyl sites for hydroxylation is 1. The molecule has 3 atom stereocenters. The van der Waals surface area contributed by atoms with Crippen molar-refractivity contribution in [3.8, 4) is 0 Å². The maximum absolute atomic E-state index is 14.0. The number of ketones is 1. The number of pyridine rings is 1. The Kier molecular flexibility index (Phi) is 7.51. The summed E-state index contributed by atoms with van der Waals surface area (Å²) in [4.78, 5) is 20.4. The van der Waals surface area contributed by atoms with Gasteiger partial charge in [0.15, 0.2) is 5.78 Å². The number of carbonyl (C=O) groups is 1. The highest BCUT2D eigenvalue weighted by molar-refractivity contribution is 7.84. The van der Waals surface area contributed by atoms with Crippen LogP contribution >= 0.6 is 0 Å². The second-order valence-corrected chi connectivity index (χ2v) is 12.8. The molecule has 9 nitrogen and oxygen atoms in total. The fourth-order valence-electron chi connectivity index (χ4n) is 5.58. The van der Waals surface area contributed by atoms with Crippen LogP contribution in [0.5, 0.6) is 0 Å². The minimum atomic E-state index is -4.11. The van der Waals surface area contributed by atoms with Crippen LogP contribution in [0.4, 0.5) is 5.69 Å². The van der Waals surface area contributed by atoms with Crippen LogP contribution in [-0.4, -0.2) is 54.7 Å². The van der Waals surface area contributed by atoms with E-state index >= 15 is 0 Å². The fraction of sp³-hybridized carbons (Fsp3) is 0.615. The lowest BCUT2D eigenvalue weighted by Gasteiger charge is -2.38. The molecule has 1 saturated carbocycles. The molecule has 0 amide bonds. The van der Waals surface area contributed by atoms with Crippen molar-refractivity contribution in [2.45, 2.75) is 79.5 Å². The minimum absolute atomic E-state index is 0.100. The zero-order chi connectivity index (χ0) is 27.4. The molecule has 3 rings (SSSR count). The van der Waals surface area contributed by atoms with Gasteiger partial charge in [-0.25, -0.2) is 5.14 Å². The van der Waals surface area contributed by atoms with Gasteiger partial charge in [0.1, 0.15) is 0 Å². The molecule has 1 unspecified atom stereocenters. The van der Waals surface area contributed by atoms with Gasteiger partial charge in [0.05, 0.1) is 29.7 Å². The number of rotatable bonds is 7. The number of hydrogen-bond acceptors (Lipinski definition) is 7. The number of nitrogens with zero attached hydrogens (tertiary/aromatic N) is 3. The lowest BCUT2D eigenvalue weighted by Crippen LogP contribution is -2.44. The Hall–Kier alpha value is -2.27. The number of carbonyl (C=O) groups excluding carboxylic acids is 1. The van der Waals surface area contributed by atoms with Crippen LogP contribution in [-0.2, 0) is 20.0 Å². The van der Waals surface area contributed by atoms with Gasteiger partial charge in [0.2, 0.25) is 0 Å². The summed E-state index contributed by atoms with van der Waals surface area (Å²) in [5.41, 5.74) is 3.68. The largest absolute Gasteiger partial charge is 0.392 e. The molecule has 10 heteroatoms. The zero-order valence-corrected chi connectivity index (χ0v) is 23.6. The van der Waals surface area contributed by atoms with Crippen molar-refractivity contribution in [3.63, 3.8) is 0 Å². The van der Waals surface area contributed by atoms with E-state index in [2.05, 4.69) is 30.3 Å². The third-order valence-corrected chi connectivity index (χ3v) is 8.23. The van der Waals surface area contributed by atoms with Crippen molar-refractivity contribution >= 4 is 21.8 Å². The maximum atomic E-state index is 14.0. The third-order valence-electron chi connectivity index (χ3n) is 7.77. The van der Waals surface area contributed by atoms with Crippen LogP contribution in [0, 0.1) is 32.1 Å². The Morgan fingerprint density at radius 2 is 1.92 bits per heavy atom. The van der Waals surface area contributed by atoms with E-state index in [1.807, 2.05) is 58.8 Å². The third kappa shape index (κ3) is 5.22. The molecule has 0 radical (unpaired) electrons. The number of nitrogens with two attached hydrogens (primary N) is 1. The van der Waals surface area contributed by atoms with E-state index < -0.39 is 27.7 Å². The van der Waals surface area contributed by atoms with Crippen molar-refractivity contribution in [2.75, 3.05) is 18.6 Å². The number of hydrogen-bond donors (Lipinski definition) is 2. The molecule has 2 aromatic rings. The molecule has 1 aliphatic carbocycles. The van der Waals surface area contributed by atoms with Crippen molar-refractivity contribution in [1.29, 1.82) is 0 Å². The van der Waals surface area contributed by atoms with Crippen LogP contribution in [0.2, 0.25) is 0 Å². The molecule has 0 aliphatic heterocycles. The topological polar surface area (TPSA) is 128 Å². The molecule has 0 saturated heterocycles. The Morgan fingerprint density at radius 1 is 1.31 bits per heavy atom. The highest BCUT2D eigenvalue weighted by Gasteiger charge is 2.50. The summed E-state index contributed by atoms with van der Waals surface area (Å²) in [6.45, 7) is 15.8. The Morgan fingerprint density at radius 3 is 2.44 bits per heavy atom. The molecule has 2 aromatic heterocycles. The van der Waals surface area contributed by atoms with Gasteiger partial charge < -0.3 is 14.6 Å². The lowest BCUT2D eigenvalue weighted by atomic mass is 9.83. The number of aromatic nitrogens is 2. The highest BCUT2D eigenvalue weighted by Crippen LogP contribution is 2.46. The SMILES string of the molecule is Cc1nccc(N(C)[C@@H]2CC(COS(N)(=O)=O)[C@@H](O)C2(C)C)c1C(=O)c1cn(C(C)(C)C)c(C)c1C. The first-order valence-electron chi connectivity index (χ1n) is 12.1. The second-order valence-electron chi connectivity index (χ2n) is 11.6. The molecular weight excluding hydrogens is 480 g/mol. The summed E-state index contributed by atoms with van der Waals surface area (Å²) >= 11 is 0. The van der Waals surface area contributed by atoms with Crippen molar-refractivity contribution in [1.82, 2.24) is 9.55 Å². The molecule has 200 valence electrons. The summed E-state index contributed by atoms with van der Waals surface area (Å²) in [6.07, 6.45) is 3.25. The Bertz CT molecular complexity index is 1260. The normalized spacial score (nSPS) is 22.1. The van der Waals surface area contributed by atoms with Crippen LogP contribution in [0.25, 0.3) is 0 Å². The summed E-state index contributed by atoms with van der Waals surface area (Å²) in [7, 11) is -2.22. The molecule has 0 bridgehead atoms. The second kappa shape index (κ2) is 9.55. The van der Waals surface area contributed by atoms with E-state index in [4.69, 9.17) is 9.32 Å². The number of aliphatic hydroxyl groups is 1. The minimum Gasteiger partial charge on any atom is -0.392 e. The molecule has 1 aliphatic rings. The van der Waals surface area contributed by atoms with Crippen LogP contribution in [0.3, 0.4) is 0 Å². The first kappa shape index (κ1) is 28.3. The standard InChI is InChI=1S/C26H40N4O5S/c1-15-17(3)30(25(4,5)6)13-19(15)23(31)22-16(2)28-11-10-20(22)29(9)21-12-18(14-35-36(27,33)34)24(32)26(21,7)8/h10-11,13,18,21,24,32H,12,14H2,1-9H3,(H2,27,33,34)/t18?,21-,24-/m1/s1. The van der Waals surface area contributed by atoms with Gasteiger partial charge in [-0.1, -0.05) is 13.8 Å². The molecule has 3 N–H and O–H groups in total. The number of anilines is 1. The first-order valence-corrected chi connectivity index (χ1v) is 13.6. The van der Waals surface area contributed by atoms with Crippen LogP contribution < -0.4 is 10.0 Å². The van der Waals surface area contributed by atoms with Crippen LogP contribution in [0.1, 0.15) is 73.9 Å². The van der Waals surface area contributed by atoms with Gasteiger partial charge >= 0.3 is 10.3 Å². The van der Waals surface area contributed by atoms with E-state index in [1.165, 1.54) is 0 Å². The van der Waals surface area contributed by atoms with Gasteiger partial charge in [-0.2, -0.15) is 8.42 Å². The summed E-state index contributed by atoms with van der Waals surface area (Å²) in [5, 5.41) is 16.0. The van der Waals surface area contributed by atoms with E-state index in [0.717, 1.165) is 11.3 Å². The lowest BCUT2D eigenvalue weighted by molar-refractivity contribution is 0.0266. The summed E-state index contributed by atoms with van der Waals surface area (Å²) in [6, 6.07) is 1.62. The van der Waals surface area contributed by atoms with Crippen molar-refractivity contribution in [2.24, 2.45) is 16.5 Å². The molecule has 0 spiro atoms. The van der Waals surface area contributed by atoms with Gasteiger partial charge in [-0.05, 0) is 59.6 Å². The quantitative estimate of drug-likeness (QED) is 0.537. The maximum Gasteiger partial charge on any atom is 0.333 e. The zero-order valence-electron chi connectivity index (χ0n) is 22.8. The van der Waals surface area contributed by atoms with Gasteiger partial charge in [0, 0.05) is 53.6 Å². The van der Waals surface area contributed by atoms with Crippen molar-refractivity contribution in [3.05, 3.63) is 46.5 Å². The fourth-order valence-corrected chi connectivity index (χ4v) is 5.94. The summed E-state index contributed by atoms with van der Waals surface area (Å²) < 4.78 is 29.6. The van der Waals surface area contributed by atoms with E-state index in [-0.39, 0.29) is 24.0 Å². The Labute approximate surface area is 214 Å². The predicted octanol–water partition coefficient (Wildman–Crippen LogP) is 3.23. The highest BCUT2D eigenvalue weighted by atomic mass is 32.2. The van der Waals surface area contributed by atoms with E-state index in [0.29, 0.717) is 28.9 Å².